The van der Waals surface area contributed by atoms with Gasteiger partial charge in [-0.3, -0.25) is 4.79 Å². The molecule has 0 atom stereocenters. The van der Waals surface area contributed by atoms with Crippen LogP contribution in [-0.2, 0) is 0 Å². The largest absolute Gasteiger partial charge is 0.455 e. The summed E-state index contributed by atoms with van der Waals surface area (Å²) in [7, 11) is 0. The number of nitrogens with zero attached hydrogens (tertiary/aromatic N) is 2. The summed E-state index contributed by atoms with van der Waals surface area (Å²) in [5, 5.41) is 4.00. The topological polar surface area (TPSA) is 59.5 Å². The number of benzene rings is 2. The minimum Gasteiger partial charge on any atom is -0.455 e. The molecule has 0 aliphatic heterocycles. The minimum absolute atomic E-state index is 0.284. The van der Waals surface area contributed by atoms with Crippen molar-refractivity contribution in [1.82, 2.24) is 9.99 Å². The highest BCUT2D eigenvalue weighted by Gasteiger charge is 2.08. The van der Waals surface area contributed by atoms with E-state index in [4.69, 9.17) is 4.42 Å². The van der Waals surface area contributed by atoms with E-state index in [1.165, 1.54) is 6.21 Å². The summed E-state index contributed by atoms with van der Waals surface area (Å²) in [4.78, 5) is 12.3. The van der Waals surface area contributed by atoms with Crippen LogP contribution < -0.4 is 5.43 Å². The van der Waals surface area contributed by atoms with Gasteiger partial charge in [0.25, 0.3) is 5.91 Å². The Hall–Kier alpha value is -3.38. The maximum Gasteiger partial charge on any atom is 0.271 e. The third-order valence-electron chi connectivity index (χ3n) is 4.41. The van der Waals surface area contributed by atoms with Crippen molar-refractivity contribution in [1.29, 1.82) is 0 Å². The van der Waals surface area contributed by atoms with Gasteiger partial charge in [0.2, 0.25) is 0 Å². The van der Waals surface area contributed by atoms with Crippen molar-refractivity contribution in [3.8, 4) is 17.0 Å². The zero-order chi connectivity index (χ0) is 20.2. The summed E-state index contributed by atoms with van der Waals surface area (Å²) >= 11 is 3.56. The highest BCUT2D eigenvalue weighted by molar-refractivity contribution is 9.10. The highest BCUT2D eigenvalue weighted by atomic mass is 79.9. The number of furan rings is 1. The molecule has 6 heteroatoms. The molecule has 5 nitrogen and oxygen atoms in total. The number of carbonyl (C=O) groups is 1. The quantitative estimate of drug-likeness (QED) is 0.321. The van der Waals surface area contributed by atoms with E-state index >= 15 is 0 Å². The van der Waals surface area contributed by atoms with Crippen molar-refractivity contribution < 1.29 is 9.21 Å². The standard InChI is InChI=1S/C23H18BrN3O2/c1-16-4-10-20(21(24)14-16)22-11-9-19(29-22)15-25-26-23(28)17-5-7-18(8-6-17)27-12-2-3-13-27/h2-15H,1H3,(H,26,28)/b25-15+. The molecule has 1 amide bonds. The number of rotatable bonds is 5. The summed E-state index contributed by atoms with van der Waals surface area (Å²) in [5.41, 5.74) is 6.17. The minimum atomic E-state index is -0.284. The summed E-state index contributed by atoms with van der Waals surface area (Å²) in [6, 6.07) is 20.9. The first-order valence-electron chi connectivity index (χ1n) is 9.03. The molecule has 0 saturated carbocycles. The van der Waals surface area contributed by atoms with Crippen LogP contribution in [0.3, 0.4) is 0 Å². The fourth-order valence-corrected chi connectivity index (χ4v) is 3.59. The average molecular weight is 448 g/mol. The molecule has 2 aromatic heterocycles. The number of carbonyl (C=O) groups excluding carboxylic acids is 1. The Morgan fingerprint density at radius 3 is 2.55 bits per heavy atom. The molecule has 0 spiro atoms. The van der Waals surface area contributed by atoms with E-state index in [1.807, 2.05) is 78.5 Å². The number of amides is 1. The second kappa shape index (κ2) is 8.32. The van der Waals surface area contributed by atoms with E-state index in [2.05, 4.69) is 26.5 Å². The Labute approximate surface area is 176 Å². The van der Waals surface area contributed by atoms with Gasteiger partial charge in [-0.05, 0) is 73.2 Å². The van der Waals surface area contributed by atoms with Crippen molar-refractivity contribution in [2.45, 2.75) is 6.92 Å². The molecule has 0 unspecified atom stereocenters. The van der Waals surface area contributed by atoms with Crippen LogP contribution in [0, 0.1) is 6.92 Å². The first-order valence-corrected chi connectivity index (χ1v) is 9.82. The van der Waals surface area contributed by atoms with Crippen LogP contribution in [0.4, 0.5) is 0 Å². The van der Waals surface area contributed by atoms with Gasteiger partial charge in [0.15, 0.2) is 0 Å². The van der Waals surface area contributed by atoms with E-state index in [0.29, 0.717) is 11.3 Å². The van der Waals surface area contributed by atoms with E-state index in [1.54, 1.807) is 12.1 Å². The third-order valence-corrected chi connectivity index (χ3v) is 5.06. The maximum atomic E-state index is 12.3. The number of halogens is 1. The van der Waals surface area contributed by atoms with E-state index in [-0.39, 0.29) is 5.91 Å². The van der Waals surface area contributed by atoms with Crippen molar-refractivity contribution in [2.75, 3.05) is 0 Å². The second-order valence-electron chi connectivity index (χ2n) is 6.52. The van der Waals surface area contributed by atoms with Crippen LogP contribution in [0.25, 0.3) is 17.0 Å². The van der Waals surface area contributed by atoms with Crippen LogP contribution in [-0.4, -0.2) is 16.7 Å². The summed E-state index contributed by atoms with van der Waals surface area (Å²) in [5.74, 6) is 0.995. The lowest BCUT2D eigenvalue weighted by Crippen LogP contribution is -2.17. The molecule has 2 aromatic carbocycles. The Bertz CT molecular complexity index is 1160. The summed E-state index contributed by atoms with van der Waals surface area (Å²) < 4.78 is 8.74. The molecule has 4 aromatic rings. The normalized spacial score (nSPS) is 11.1. The van der Waals surface area contributed by atoms with Gasteiger partial charge < -0.3 is 8.98 Å². The molecule has 0 aliphatic rings. The molecule has 1 N–H and O–H groups in total. The molecule has 0 bridgehead atoms. The van der Waals surface area contributed by atoms with Crippen LogP contribution in [0.15, 0.2) is 93.1 Å². The number of hydrogen-bond acceptors (Lipinski definition) is 3. The summed E-state index contributed by atoms with van der Waals surface area (Å²) in [6.45, 7) is 2.03. The van der Waals surface area contributed by atoms with E-state index in [0.717, 1.165) is 27.0 Å². The van der Waals surface area contributed by atoms with Gasteiger partial charge in [0.05, 0.1) is 6.21 Å². The predicted molar refractivity (Wildman–Crippen MR) is 117 cm³/mol. The molecule has 0 aliphatic carbocycles. The molecule has 0 saturated heterocycles. The lowest BCUT2D eigenvalue weighted by atomic mass is 10.1. The Morgan fingerprint density at radius 1 is 1.07 bits per heavy atom. The Morgan fingerprint density at radius 2 is 1.83 bits per heavy atom. The molecule has 144 valence electrons. The number of aromatic nitrogens is 1. The van der Waals surface area contributed by atoms with Crippen molar-refractivity contribution in [2.24, 2.45) is 5.10 Å². The van der Waals surface area contributed by atoms with Crippen LogP contribution in [0.5, 0.6) is 0 Å². The fraction of sp³-hybridized carbons (Fsp3) is 0.0435. The van der Waals surface area contributed by atoms with Crippen molar-refractivity contribution in [3.05, 3.63) is 100 Å². The maximum absolute atomic E-state index is 12.3. The first kappa shape index (κ1) is 19.0. The molecule has 2 heterocycles. The first-order chi connectivity index (χ1) is 14.1. The van der Waals surface area contributed by atoms with Gasteiger partial charge in [-0.1, -0.05) is 22.0 Å². The molecule has 29 heavy (non-hydrogen) atoms. The summed E-state index contributed by atoms with van der Waals surface area (Å²) in [6.07, 6.45) is 5.38. The van der Waals surface area contributed by atoms with Crippen molar-refractivity contribution in [3.63, 3.8) is 0 Å². The molecule has 0 radical (unpaired) electrons. The predicted octanol–water partition coefficient (Wildman–Crippen LogP) is 5.57. The van der Waals surface area contributed by atoms with Gasteiger partial charge in [-0.15, -0.1) is 0 Å². The lowest BCUT2D eigenvalue weighted by Gasteiger charge is -2.04. The Kier molecular flexibility index (Phi) is 5.44. The average Bonchev–Trinajstić information content (AvgIpc) is 3.40. The van der Waals surface area contributed by atoms with Gasteiger partial charge >= 0.3 is 0 Å². The monoisotopic (exact) mass is 447 g/mol. The van der Waals surface area contributed by atoms with Crippen molar-refractivity contribution >= 4 is 28.1 Å². The molecular weight excluding hydrogens is 430 g/mol. The van der Waals surface area contributed by atoms with E-state index in [9.17, 15) is 4.79 Å². The smallest absolute Gasteiger partial charge is 0.271 e. The zero-order valence-corrected chi connectivity index (χ0v) is 17.3. The number of aryl methyl sites for hydroxylation is 1. The number of hydrazone groups is 1. The molecular formula is C23H18BrN3O2. The molecule has 0 fully saturated rings. The molecule has 4 rings (SSSR count). The van der Waals surface area contributed by atoms with Gasteiger partial charge in [0.1, 0.15) is 11.5 Å². The van der Waals surface area contributed by atoms with Crippen LogP contribution in [0.1, 0.15) is 21.7 Å². The highest BCUT2D eigenvalue weighted by Crippen LogP contribution is 2.30. The van der Waals surface area contributed by atoms with Gasteiger partial charge in [0, 0.05) is 33.7 Å². The zero-order valence-electron chi connectivity index (χ0n) is 15.7. The Balaban J connectivity index is 1.40. The third kappa shape index (κ3) is 4.38. The second-order valence-corrected chi connectivity index (χ2v) is 7.38. The van der Waals surface area contributed by atoms with Gasteiger partial charge in [-0.25, -0.2) is 5.43 Å². The van der Waals surface area contributed by atoms with Crippen LogP contribution >= 0.6 is 15.9 Å². The number of nitrogens with one attached hydrogen (secondary N) is 1. The SMILES string of the molecule is Cc1ccc(-c2ccc(/C=N/NC(=O)c3ccc(-n4cccc4)cc3)o2)c(Br)c1. The van der Waals surface area contributed by atoms with E-state index < -0.39 is 0 Å². The lowest BCUT2D eigenvalue weighted by molar-refractivity contribution is 0.0955. The fourth-order valence-electron chi connectivity index (χ4n) is 2.90. The van der Waals surface area contributed by atoms with Crippen LogP contribution in [0.2, 0.25) is 0 Å². The van der Waals surface area contributed by atoms with Gasteiger partial charge in [-0.2, -0.15) is 5.10 Å². The number of hydrogen-bond donors (Lipinski definition) is 1.